The van der Waals surface area contributed by atoms with Crippen LogP contribution in [0.3, 0.4) is 0 Å². The molecule has 0 aromatic heterocycles. The van der Waals surface area contributed by atoms with E-state index in [2.05, 4.69) is 0 Å². The summed E-state index contributed by atoms with van der Waals surface area (Å²) in [6.45, 7) is 6.82. The lowest BCUT2D eigenvalue weighted by atomic mass is 10.1. The Labute approximate surface area is 106 Å². The predicted molar refractivity (Wildman–Crippen MR) is 60.7 cm³/mol. The van der Waals surface area contributed by atoms with E-state index >= 15 is 0 Å². The maximum Gasteiger partial charge on any atom is 0.302 e. The summed E-state index contributed by atoms with van der Waals surface area (Å²) >= 11 is 0. The van der Waals surface area contributed by atoms with Gasteiger partial charge < -0.3 is 23.7 Å². The Hall–Kier alpha value is -0.690. The normalized spacial score (nSPS) is 39.4. The van der Waals surface area contributed by atoms with Gasteiger partial charge in [0.25, 0.3) is 0 Å². The Bertz CT molecular complexity index is 329. The molecule has 0 aromatic rings. The summed E-state index contributed by atoms with van der Waals surface area (Å²) in [5.74, 6) is -1.02. The molecule has 6 nitrogen and oxygen atoms in total. The number of carbonyl (C=O) groups excluding carboxylic acids is 1. The van der Waals surface area contributed by atoms with E-state index in [4.69, 9.17) is 23.7 Å². The van der Waals surface area contributed by atoms with Gasteiger partial charge in [0.15, 0.2) is 12.1 Å². The smallest absolute Gasteiger partial charge is 0.302 e. The van der Waals surface area contributed by atoms with Crippen molar-refractivity contribution < 1.29 is 28.5 Å². The van der Waals surface area contributed by atoms with Crippen LogP contribution in [0.25, 0.3) is 0 Å². The molecule has 2 aliphatic heterocycles. The maximum absolute atomic E-state index is 11.0. The lowest BCUT2D eigenvalue weighted by Crippen LogP contribution is -2.39. The third-order valence-corrected chi connectivity index (χ3v) is 3.09. The summed E-state index contributed by atoms with van der Waals surface area (Å²) in [6, 6.07) is 0. The Morgan fingerprint density at radius 1 is 1.28 bits per heavy atom. The lowest BCUT2D eigenvalue weighted by Gasteiger charge is -2.26. The molecule has 0 aromatic carbocycles. The first-order chi connectivity index (χ1) is 8.34. The standard InChI is InChI=1S/C12H20O6/c1-6(15-7(2)13)8-9-10(11(14-5)16-8)18-12(3,4)17-9/h6,8-11H,1-5H3/t6-,8+,9?,10?,11+/m0/s1. The zero-order valence-electron chi connectivity index (χ0n) is 11.3. The topological polar surface area (TPSA) is 63.2 Å². The molecule has 5 atom stereocenters. The average Bonchev–Trinajstić information content (AvgIpc) is 2.69. The van der Waals surface area contributed by atoms with E-state index in [1.54, 1.807) is 14.0 Å². The second-order valence-corrected chi connectivity index (χ2v) is 5.08. The van der Waals surface area contributed by atoms with Crippen molar-refractivity contribution in [3.05, 3.63) is 0 Å². The molecule has 18 heavy (non-hydrogen) atoms. The van der Waals surface area contributed by atoms with Crippen molar-refractivity contribution >= 4 is 5.97 Å². The average molecular weight is 260 g/mol. The summed E-state index contributed by atoms with van der Waals surface area (Å²) in [6.07, 6.45) is -1.88. The van der Waals surface area contributed by atoms with Crippen LogP contribution in [0.2, 0.25) is 0 Å². The zero-order chi connectivity index (χ0) is 13.5. The van der Waals surface area contributed by atoms with Crippen LogP contribution in [0.15, 0.2) is 0 Å². The minimum Gasteiger partial charge on any atom is -0.460 e. The van der Waals surface area contributed by atoms with Crippen LogP contribution < -0.4 is 0 Å². The number of carbonyl (C=O) groups is 1. The van der Waals surface area contributed by atoms with Crippen LogP contribution in [0.5, 0.6) is 0 Å². The molecule has 2 unspecified atom stereocenters. The quantitative estimate of drug-likeness (QED) is 0.700. The molecule has 2 aliphatic rings. The molecule has 2 saturated heterocycles. The van der Waals surface area contributed by atoms with Crippen LogP contribution in [0, 0.1) is 0 Å². The summed E-state index contributed by atoms with van der Waals surface area (Å²) < 4.78 is 27.6. The van der Waals surface area contributed by atoms with Crippen molar-refractivity contribution in [2.45, 2.75) is 64.2 Å². The molecule has 0 amide bonds. The highest BCUT2D eigenvalue weighted by Gasteiger charge is 2.57. The number of hydrogen-bond acceptors (Lipinski definition) is 6. The van der Waals surface area contributed by atoms with E-state index in [0.717, 1.165) is 0 Å². The van der Waals surface area contributed by atoms with Gasteiger partial charge in [-0.15, -0.1) is 0 Å². The van der Waals surface area contributed by atoms with Crippen molar-refractivity contribution in [2.24, 2.45) is 0 Å². The lowest BCUT2D eigenvalue weighted by molar-refractivity contribution is -0.237. The second kappa shape index (κ2) is 4.77. The van der Waals surface area contributed by atoms with Crippen molar-refractivity contribution in [3.63, 3.8) is 0 Å². The minimum atomic E-state index is -0.677. The van der Waals surface area contributed by atoms with Crippen molar-refractivity contribution in [1.29, 1.82) is 0 Å². The highest BCUT2D eigenvalue weighted by atomic mass is 16.8. The summed E-state index contributed by atoms with van der Waals surface area (Å²) in [5, 5.41) is 0. The first-order valence-electron chi connectivity index (χ1n) is 6.05. The Kier molecular flexibility index (Phi) is 3.64. The van der Waals surface area contributed by atoms with Crippen LogP contribution in [-0.4, -0.2) is 49.6 Å². The number of rotatable bonds is 3. The van der Waals surface area contributed by atoms with Gasteiger partial charge in [-0.2, -0.15) is 0 Å². The molecular formula is C12H20O6. The minimum absolute atomic E-state index is 0.292. The molecule has 2 fully saturated rings. The van der Waals surface area contributed by atoms with Gasteiger partial charge >= 0.3 is 5.97 Å². The van der Waals surface area contributed by atoms with E-state index in [0.29, 0.717) is 0 Å². The molecule has 6 heteroatoms. The van der Waals surface area contributed by atoms with Crippen LogP contribution >= 0.6 is 0 Å². The maximum atomic E-state index is 11.0. The number of hydrogen-bond donors (Lipinski definition) is 0. The Morgan fingerprint density at radius 2 is 1.89 bits per heavy atom. The van der Waals surface area contributed by atoms with Gasteiger partial charge in [0, 0.05) is 14.0 Å². The zero-order valence-corrected chi connectivity index (χ0v) is 11.3. The molecule has 0 bridgehead atoms. The van der Waals surface area contributed by atoms with Crippen molar-refractivity contribution in [3.8, 4) is 0 Å². The van der Waals surface area contributed by atoms with Crippen molar-refractivity contribution in [1.82, 2.24) is 0 Å². The fourth-order valence-electron chi connectivity index (χ4n) is 2.49. The van der Waals surface area contributed by atoms with E-state index in [9.17, 15) is 4.79 Å². The molecule has 2 rings (SSSR count). The van der Waals surface area contributed by atoms with Gasteiger partial charge in [0.2, 0.25) is 0 Å². The molecule has 0 saturated carbocycles. The van der Waals surface area contributed by atoms with Crippen molar-refractivity contribution in [2.75, 3.05) is 7.11 Å². The van der Waals surface area contributed by atoms with Gasteiger partial charge in [0.1, 0.15) is 24.4 Å². The SMILES string of the molecule is CO[C@@H]1O[C@H]([C@H](C)OC(C)=O)C2OC(C)(C)OC21. The number of fused-ring (bicyclic) bond motifs is 1. The van der Waals surface area contributed by atoms with Gasteiger partial charge in [-0.1, -0.05) is 0 Å². The fourth-order valence-corrected chi connectivity index (χ4v) is 2.49. The number of ether oxygens (including phenoxy) is 5. The summed E-state index contributed by atoms with van der Waals surface area (Å²) in [4.78, 5) is 11.0. The largest absolute Gasteiger partial charge is 0.460 e. The van der Waals surface area contributed by atoms with E-state index in [1.165, 1.54) is 6.92 Å². The molecule has 0 spiro atoms. The third kappa shape index (κ3) is 2.51. The molecule has 0 radical (unpaired) electrons. The van der Waals surface area contributed by atoms with Crippen LogP contribution in [-0.2, 0) is 28.5 Å². The molecule has 0 aliphatic carbocycles. The number of esters is 1. The molecule has 104 valence electrons. The molecule has 0 N–H and O–H groups in total. The van der Waals surface area contributed by atoms with E-state index < -0.39 is 18.2 Å². The van der Waals surface area contributed by atoms with Gasteiger partial charge in [0.05, 0.1) is 0 Å². The molecular weight excluding hydrogens is 240 g/mol. The van der Waals surface area contributed by atoms with E-state index in [-0.39, 0.29) is 24.3 Å². The first-order valence-corrected chi connectivity index (χ1v) is 6.05. The second-order valence-electron chi connectivity index (χ2n) is 5.08. The van der Waals surface area contributed by atoms with Gasteiger partial charge in [-0.25, -0.2) is 0 Å². The highest BCUT2D eigenvalue weighted by molar-refractivity contribution is 5.66. The van der Waals surface area contributed by atoms with Crippen LogP contribution in [0.1, 0.15) is 27.7 Å². The first kappa shape index (κ1) is 13.7. The third-order valence-electron chi connectivity index (χ3n) is 3.09. The van der Waals surface area contributed by atoms with Gasteiger partial charge in [-0.3, -0.25) is 4.79 Å². The predicted octanol–water partition coefficient (Wildman–Crippen LogP) is 0.829. The Balaban J connectivity index is 2.11. The highest BCUT2D eigenvalue weighted by Crippen LogP contribution is 2.40. The monoisotopic (exact) mass is 260 g/mol. The van der Waals surface area contributed by atoms with Crippen LogP contribution in [0.4, 0.5) is 0 Å². The fraction of sp³-hybridized carbons (Fsp3) is 0.917. The van der Waals surface area contributed by atoms with Gasteiger partial charge in [-0.05, 0) is 20.8 Å². The summed E-state index contributed by atoms with van der Waals surface area (Å²) in [7, 11) is 1.55. The van der Waals surface area contributed by atoms with E-state index in [1.807, 2.05) is 13.8 Å². The Morgan fingerprint density at radius 3 is 2.44 bits per heavy atom. The summed E-state index contributed by atoms with van der Waals surface area (Å²) in [5.41, 5.74) is 0. The molecule has 2 heterocycles. The number of methoxy groups -OCH3 is 1.